The van der Waals surface area contributed by atoms with Gasteiger partial charge in [0.25, 0.3) is 0 Å². The topological polar surface area (TPSA) is 66.4 Å². The van der Waals surface area contributed by atoms with Crippen LogP contribution in [-0.4, -0.2) is 39.4 Å². The fourth-order valence-corrected chi connectivity index (χ4v) is 1.63. The third kappa shape index (κ3) is 3.38. The molecule has 0 aromatic carbocycles. The lowest BCUT2D eigenvalue weighted by Crippen LogP contribution is -2.42. The molecule has 82 valence electrons. The molecule has 1 aliphatic rings. The van der Waals surface area contributed by atoms with Gasteiger partial charge in [-0.05, 0) is 25.7 Å². The first-order valence-electron chi connectivity index (χ1n) is 4.80. The van der Waals surface area contributed by atoms with Gasteiger partial charge in [0.2, 0.25) is 0 Å². The molecule has 0 aromatic rings. The van der Waals surface area contributed by atoms with Gasteiger partial charge in [-0.2, -0.15) is 0 Å². The van der Waals surface area contributed by atoms with E-state index in [1.807, 2.05) is 6.92 Å². The second-order valence-electron chi connectivity index (χ2n) is 3.87. The Morgan fingerprint density at radius 1 is 1.64 bits per heavy atom. The van der Waals surface area contributed by atoms with Crippen LogP contribution in [0.15, 0.2) is 0 Å². The van der Waals surface area contributed by atoms with Crippen LogP contribution in [0.2, 0.25) is 0 Å². The Kier molecular flexibility index (Phi) is 4.07. The van der Waals surface area contributed by atoms with Crippen LogP contribution in [0.1, 0.15) is 19.8 Å². The Labute approximate surface area is 86.5 Å². The summed E-state index contributed by atoms with van der Waals surface area (Å²) < 4.78 is 11.0. The number of aliphatic carboxylic acids is 1. The molecule has 3 unspecified atom stereocenters. The molecule has 0 bridgehead atoms. The highest BCUT2D eigenvalue weighted by molar-refractivity contribution is 7.84. The lowest BCUT2D eigenvalue weighted by molar-refractivity contribution is -0.140. The first-order chi connectivity index (χ1) is 6.52. The van der Waals surface area contributed by atoms with E-state index in [1.165, 1.54) is 0 Å². The predicted molar refractivity (Wildman–Crippen MR) is 55.7 cm³/mol. The van der Waals surface area contributed by atoms with Crippen molar-refractivity contribution >= 4 is 16.8 Å². The molecule has 0 saturated heterocycles. The highest BCUT2D eigenvalue weighted by Crippen LogP contribution is 2.32. The van der Waals surface area contributed by atoms with Gasteiger partial charge >= 0.3 is 5.97 Å². The second kappa shape index (κ2) is 4.89. The molecule has 1 aliphatic carbocycles. The van der Waals surface area contributed by atoms with Gasteiger partial charge in [-0.3, -0.25) is 9.00 Å². The summed E-state index contributed by atoms with van der Waals surface area (Å²) in [6.45, 7) is 2.37. The van der Waals surface area contributed by atoms with Crippen molar-refractivity contribution in [3.8, 4) is 0 Å². The first-order valence-corrected chi connectivity index (χ1v) is 6.43. The lowest BCUT2D eigenvalue weighted by Gasteiger charge is -2.16. The summed E-state index contributed by atoms with van der Waals surface area (Å²) in [5, 5.41) is 11.9. The Morgan fingerprint density at radius 3 is 2.57 bits per heavy atom. The monoisotopic (exact) mass is 219 g/mol. The minimum absolute atomic E-state index is 0.00981. The van der Waals surface area contributed by atoms with Crippen LogP contribution in [0.3, 0.4) is 0 Å². The summed E-state index contributed by atoms with van der Waals surface area (Å²) in [6, 6.07) is -0.444. The Hall–Kier alpha value is -0.420. The number of carboxylic acids is 1. The van der Waals surface area contributed by atoms with Crippen LogP contribution in [-0.2, 0) is 15.6 Å². The van der Waals surface area contributed by atoms with E-state index in [-0.39, 0.29) is 11.2 Å². The maximum Gasteiger partial charge on any atom is 0.320 e. The molecule has 0 radical (unpaired) electrons. The van der Waals surface area contributed by atoms with Crippen molar-refractivity contribution in [3.63, 3.8) is 0 Å². The zero-order chi connectivity index (χ0) is 10.7. The maximum absolute atomic E-state index is 11.0. The molecule has 0 amide bonds. The van der Waals surface area contributed by atoms with Crippen molar-refractivity contribution in [1.29, 1.82) is 0 Å². The summed E-state index contributed by atoms with van der Waals surface area (Å²) in [4.78, 5) is 10.8. The summed E-state index contributed by atoms with van der Waals surface area (Å²) >= 11 is 0. The molecule has 0 aliphatic heterocycles. The van der Waals surface area contributed by atoms with Crippen LogP contribution in [0.4, 0.5) is 0 Å². The normalized spacial score (nSPS) is 22.7. The fraction of sp³-hybridized carbons (Fsp3) is 0.889. The summed E-state index contributed by atoms with van der Waals surface area (Å²) in [5.41, 5.74) is 0. The van der Waals surface area contributed by atoms with E-state index in [2.05, 4.69) is 5.32 Å². The number of rotatable bonds is 6. The van der Waals surface area contributed by atoms with E-state index < -0.39 is 22.8 Å². The van der Waals surface area contributed by atoms with Gasteiger partial charge in [-0.25, -0.2) is 0 Å². The Balaban J connectivity index is 2.33. The van der Waals surface area contributed by atoms with Crippen molar-refractivity contribution in [3.05, 3.63) is 0 Å². The van der Waals surface area contributed by atoms with Crippen molar-refractivity contribution in [2.24, 2.45) is 5.92 Å². The molecule has 1 rings (SSSR count). The lowest BCUT2D eigenvalue weighted by atomic mass is 10.2. The van der Waals surface area contributed by atoms with Crippen molar-refractivity contribution in [1.82, 2.24) is 5.32 Å². The van der Waals surface area contributed by atoms with Crippen molar-refractivity contribution in [2.45, 2.75) is 31.1 Å². The number of carboxylic acid groups (broad SMARTS) is 1. The fourth-order valence-electron chi connectivity index (χ4n) is 1.30. The summed E-state index contributed by atoms with van der Waals surface area (Å²) in [5.74, 6) is -0.508. The molecule has 0 aromatic heterocycles. The molecule has 0 heterocycles. The average molecular weight is 219 g/mol. The highest BCUT2D eigenvalue weighted by Gasteiger charge is 2.35. The van der Waals surface area contributed by atoms with E-state index >= 15 is 0 Å². The second-order valence-corrected chi connectivity index (χ2v) is 5.67. The standard InChI is InChI=1S/C9H17NO3S/c1-6(14(2)13)5-10-8(9(11)12)7-3-4-7/h6-8,10H,3-5H2,1-2H3,(H,11,12). The molecule has 1 saturated carbocycles. The van der Waals surface area contributed by atoms with E-state index in [9.17, 15) is 9.00 Å². The number of nitrogens with one attached hydrogen (secondary N) is 1. The quantitative estimate of drug-likeness (QED) is 0.670. The van der Waals surface area contributed by atoms with Crippen LogP contribution in [0.25, 0.3) is 0 Å². The van der Waals surface area contributed by atoms with Gasteiger partial charge in [0, 0.05) is 28.9 Å². The predicted octanol–water partition coefficient (Wildman–Crippen LogP) is 0.206. The van der Waals surface area contributed by atoms with Gasteiger partial charge in [0.1, 0.15) is 6.04 Å². The molecule has 0 spiro atoms. The van der Waals surface area contributed by atoms with E-state index in [4.69, 9.17) is 5.11 Å². The van der Waals surface area contributed by atoms with Gasteiger partial charge in [-0.1, -0.05) is 0 Å². The highest BCUT2D eigenvalue weighted by atomic mass is 32.2. The van der Waals surface area contributed by atoms with Crippen LogP contribution >= 0.6 is 0 Å². The zero-order valence-electron chi connectivity index (χ0n) is 8.53. The molecule has 4 nitrogen and oxygen atoms in total. The average Bonchev–Trinajstić information content (AvgIpc) is 2.87. The SMILES string of the molecule is CC(CNC(C(=O)O)C1CC1)S(C)=O. The molecule has 1 fully saturated rings. The Bertz CT molecular complexity index is 240. The first kappa shape index (κ1) is 11.7. The number of carbonyl (C=O) groups is 1. The minimum Gasteiger partial charge on any atom is -0.480 e. The van der Waals surface area contributed by atoms with Crippen molar-refractivity contribution in [2.75, 3.05) is 12.8 Å². The largest absolute Gasteiger partial charge is 0.480 e. The van der Waals surface area contributed by atoms with Gasteiger partial charge < -0.3 is 10.4 Å². The van der Waals surface area contributed by atoms with E-state index in [1.54, 1.807) is 6.26 Å². The summed E-state index contributed by atoms with van der Waals surface area (Å²) in [7, 11) is -0.888. The van der Waals surface area contributed by atoms with Crippen molar-refractivity contribution < 1.29 is 14.1 Å². The molecule has 5 heteroatoms. The van der Waals surface area contributed by atoms with Crippen LogP contribution in [0, 0.1) is 5.92 Å². The van der Waals surface area contributed by atoms with Gasteiger partial charge in [-0.15, -0.1) is 0 Å². The number of hydrogen-bond acceptors (Lipinski definition) is 3. The smallest absolute Gasteiger partial charge is 0.320 e. The molecule has 14 heavy (non-hydrogen) atoms. The molecule has 3 atom stereocenters. The molecular formula is C9H17NO3S. The number of hydrogen-bond donors (Lipinski definition) is 2. The summed E-state index contributed by atoms with van der Waals surface area (Å²) in [6.07, 6.45) is 3.63. The Morgan fingerprint density at radius 2 is 2.21 bits per heavy atom. The molecule has 2 N–H and O–H groups in total. The van der Waals surface area contributed by atoms with E-state index in [0.717, 1.165) is 12.8 Å². The van der Waals surface area contributed by atoms with Crippen LogP contribution < -0.4 is 5.32 Å². The zero-order valence-corrected chi connectivity index (χ0v) is 9.34. The van der Waals surface area contributed by atoms with E-state index in [0.29, 0.717) is 6.54 Å². The van der Waals surface area contributed by atoms with Crippen LogP contribution in [0.5, 0.6) is 0 Å². The van der Waals surface area contributed by atoms with Gasteiger partial charge in [0.05, 0.1) is 0 Å². The third-order valence-corrected chi connectivity index (χ3v) is 3.85. The van der Waals surface area contributed by atoms with Gasteiger partial charge in [0.15, 0.2) is 0 Å². The third-order valence-electron chi connectivity index (χ3n) is 2.55. The maximum atomic E-state index is 11.0. The molecular weight excluding hydrogens is 202 g/mol. The minimum atomic E-state index is -0.888.